The number of fused-ring (bicyclic) bond motifs is 1. The van der Waals surface area contributed by atoms with Crippen LogP contribution in [0.1, 0.15) is 42.3 Å². The Labute approximate surface area is 218 Å². The molecule has 4 heterocycles. The number of anilines is 4. The van der Waals surface area contributed by atoms with Crippen LogP contribution in [-0.4, -0.2) is 51.4 Å². The Kier molecular flexibility index (Phi) is 5.70. The topological polar surface area (TPSA) is 122 Å². The second-order valence-corrected chi connectivity index (χ2v) is 11.9. The highest BCUT2D eigenvalue weighted by atomic mass is 32.2. The summed E-state index contributed by atoms with van der Waals surface area (Å²) in [7, 11) is -2.36. The molecule has 3 aromatic heterocycles. The van der Waals surface area contributed by atoms with Crippen molar-refractivity contribution in [2.75, 3.05) is 23.5 Å². The summed E-state index contributed by atoms with van der Waals surface area (Å²) < 4.78 is 56.2. The van der Waals surface area contributed by atoms with Crippen LogP contribution in [0.5, 0.6) is 0 Å². The first-order valence-corrected chi connectivity index (χ1v) is 14.2. The molecule has 4 aromatic rings. The van der Waals surface area contributed by atoms with E-state index in [0.29, 0.717) is 17.3 Å². The molecule has 1 aromatic carbocycles. The molecule has 0 radical (unpaired) electrons. The molecule has 2 N–H and O–H groups in total. The summed E-state index contributed by atoms with van der Waals surface area (Å²) in [6.45, 7) is 2.69. The number of rotatable bonds is 7. The molecule has 198 valence electrons. The lowest BCUT2D eigenvalue weighted by Gasteiger charge is -2.23. The number of sulfone groups is 1. The Balaban J connectivity index is 1.53. The van der Waals surface area contributed by atoms with Gasteiger partial charge in [-0.2, -0.15) is 10.1 Å². The molecule has 1 aliphatic heterocycles. The van der Waals surface area contributed by atoms with Crippen LogP contribution in [-0.2, 0) is 22.8 Å². The van der Waals surface area contributed by atoms with E-state index in [1.807, 2.05) is 13.0 Å². The second kappa shape index (κ2) is 8.86. The van der Waals surface area contributed by atoms with E-state index in [0.717, 1.165) is 73.4 Å². The number of aromatic amines is 1. The van der Waals surface area contributed by atoms with Gasteiger partial charge in [0, 0.05) is 43.6 Å². The monoisotopic (exact) mass is 540 g/mol. The predicted molar refractivity (Wildman–Crippen MR) is 138 cm³/mol. The van der Waals surface area contributed by atoms with Gasteiger partial charge in [0.2, 0.25) is 5.95 Å². The molecule has 2 aliphatic rings. The number of nitrogens with zero attached hydrogens (tertiary/aromatic N) is 6. The molecule has 0 bridgehead atoms. The lowest BCUT2D eigenvalue weighted by molar-refractivity contribution is 0.569. The summed E-state index contributed by atoms with van der Waals surface area (Å²) in [6.07, 6.45) is 6.48. The van der Waals surface area contributed by atoms with E-state index in [9.17, 15) is 8.42 Å². The van der Waals surface area contributed by atoms with Gasteiger partial charge >= 0.3 is 0 Å². The standard InChI is InChI=1S/C25H26F2N8O2S/c1-13-9-19(33-32-13)29-24-21(14-6-7-14)22(18-12-28-20-5-4-8-35(18)20)30-25(31-24)34(2)23-16(26)10-15(11-17(23)27)38(3,36)37/h9-12,14H,4-8H2,1-3H3,(H2,29,30,31,32,33). The minimum absolute atomic E-state index is 0.0395. The minimum atomic E-state index is -3.80. The molecule has 0 amide bonds. The summed E-state index contributed by atoms with van der Waals surface area (Å²) in [6, 6.07) is 3.44. The fourth-order valence-electron chi connectivity index (χ4n) is 4.88. The molecule has 0 spiro atoms. The van der Waals surface area contributed by atoms with Crippen LogP contribution in [0.2, 0.25) is 0 Å². The van der Waals surface area contributed by atoms with Crippen molar-refractivity contribution >= 4 is 33.1 Å². The molecule has 0 unspecified atom stereocenters. The fourth-order valence-corrected chi connectivity index (χ4v) is 5.52. The third-order valence-corrected chi connectivity index (χ3v) is 7.98. The van der Waals surface area contributed by atoms with Crippen LogP contribution in [0, 0.1) is 18.6 Å². The first kappa shape index (κ1) is 24.5. The van der Waals surface area contributed by atoms with Crippen molar-refractivity contribution < 1.29 is 17.2 Å². The van der Waals surface area contributed by atoms with Crippen molar-refractivity contribution in [3.05, 3.63) is 53.1 Å². The van der Waals surface area contributed by atoms with Gasteiger partial charge < -0.3 is 14.8 Å². The summed E-state index contributed by atoms with van der Waals surface area (Å²) in [5.74, 6) is 0.212. The Morgan fingerprint density at radius 3 is 2.53 bits per heavy atom. The van der Waals surface area contributed by atoms with E-state index in [2.05, 4.69) is 25.1 Å². The number of hydrogen-bond acceptors (Lipinski definition) is 8. The Morgan fingerprint density at radius 2 is 1.89 bits per heavy atom. The van der Waals surface area contributed by atoms with Gasteiger partial charge in [0.15, 0.2) is 27.3 Å². The molecule has 10 nitrogen and oxygen atoms in total. The van der Waals surface area contributed by atoms with Crippen molar-refractivity contribution in [2.45, 2.75) is 50.0 Å². The first-order chi connectivity index (χ1) is 18.1. The van der Waals surface area contributed by atoms with Gasteiger partial charge in [-0.25, -0.2) is 27.2 Å². The number of benzene rings is 1. The largest absolute Gasteiger partial charge is 0.327 e. The molecule has 13 heteroatoms. The highest BCUT2D eigenvalue weighted by Crippen LogP contribution is 2.48. The summed E-state index contributed by atoms with van der Waals surface area (Å²) in [4.78, 5) is 14.9. The predicted octanol–water partition coefficient (Wildman–Crippen LogP) is 4.39. The lowest BCUT2D eigenvalue weighted by Crippen LogP contribution is -2.19. The van der Waals surface area contributed by atoms with E-state index in [1.165, 1.54) is 11.9 Å². The van der Waals surface area contributed by atoms with Crippen LogP contribution >= 0.6 is 0 Å². The van der Waals surface area contributed by atoms with E-state index in [-0.39, 0.29) is 11.9 Å². The van der Waals surface area contributed by atoms with Gasteiger partial charge in [-0.05, 0) is 44.2 Å². The fraction of sp³-hybridized carbons (Fsp3) is 0.360. The zero-order valence-corrected chi connectivity index (χ0v) is 21.9. The van der Waals surface area contributed by atoms with Crippen LogP contribution in [0.4, 0.5) is 32.1 Å². The third-order valence-electron chi connectivity index (χ3n) is 6.89. The van der Waals surface area contributed by atoms with E-state index < -0.39 is 32.1 Å². The lowest BCUT2D eigenvalue weighted by atomic mass is 10.1. The van der Waals surface area contributed by atoms with Crippen LogP contribution < -0.4 is 10.2 Å². The SMILES string of the molecule is Cc1cc(Nc2nc(N(C)c3c(F)cc(S(C)(=O)=O)cc3F)nc(-c3cnc4n3CCC4)c2C2CC2)n[nH]1. The van der Waals surface area contributed by atoms with Crippen molar-refractivity contribution in [1.29, 1.82) is 0 Å². The third kappa shape index (κ3) is 4.30. The first-order valence-electron chi connectivity index (χ1n) is 12.3. The molecular weight excluding hydrogens is 514 g/mol. The number of aromatic nitrogens is 6. The second-order valence-electron chi connectivity index (χ2n) is 9.85. The number of aryl methyl sites for hydroxylation is 2. The van der Waals surface area contributed by atoms with E-state index >= 15 is 8.78 Å². The number of imidazole rings is 1. The molecule has 38 heavy (non-hydrogen) atoms. The quantitative estimate of drug-likeness (QED) is 0.354. The summed E-state index contributed by atoms with van der Waals surface area (Å²) >= 11 is 0. The molecule has 1 saturated carbocycles. The zero-order chi connectivity index (χ0) is 26.8. The molecule has 0 atom stereocenters. The Hall–Kier alpha value is -3.87. The summed E-state index contributed by atoms with van der Waals surface area (Å²) in [5.41, 5.74) is 2.78. The average molecular weight is 541 g/mol. The smallest absolute Gasteiger partial charge is 0.232 e. The van der Waals surface area contributed by atoms with E-state index in [4.69, 9.17) is 9.97 Å². The van der Waals surface area contributed by atoms with Crippen molar-refractivity contribution in [2.24, 2.45) is 0 Å². The maximum absolute atomic E-state index is 15.2. The Bertz CT molecular complexity index is 1650. The molecule has 1 fully saturated rings. The van der Waals surface area contributed by atoms with Crippen molar-refractivity contribution in [1.82, 2.24) is 29.7 Å². The van der Waals surface area contributed by atoms with Gasteiger partial charge in [0.1, 0.15) is 17.3 Å². The molecule has 6 rings (SSSR count). The van der Waals surface area contributed by atoms with Crippen molar-refractivity contribution in [3.63, 3.8) is 0 Å². The van der Waals surface area contributed by atoms with Gasteiger partial charge in [0.05, 0.1) is 22.5 Å². The van der Waals surface area contributed by atoms with Gasteiger partial charge in [-0.15, -0.1) is 0 Å². The Morgan fingerprint density at radius 1 is 1.16 bits per heavy atom. The molecular formula is C25H26F2N8O2S. The number of hydrogen-bond donors (Lipinski definition) is 2. The number of nitrogens with one attached hydrogen (secondary N) is 2. The van der Waals surface area contributed by atoms with Gasteiger partial charge in [0.25, 0.3) is 0 Å². The van der Waals surface area contributed by atoms with Gasteiger partial charge in [-0.1, -0.05) is 0 Å². The number of halogens is 2. The highest BCUT2D eigenvalue weighted by molar-refractivity contribution is 7.90. The maximum atomic E-state index is 15.2. The van der Waals surface area contributed by atoms with Crippen LogP contribution in [0.25, 0.3) is 11.4 Å². The van der Waals surface area contributed by atoms with Crippen molar-refractivity contribution in [3.8, 4) is 11.4 Å². The van der Waals surface area contributed by atoms with Crippen LogP contribution in [0.15, 0.2) is 29.3 Å². The normalized spacial score (nSPS) is 15.1. The maximum Gasteiger partial charge on any atom is 0.232 e. The highest BCUT2D eigenvalue weighted by Gasteiger charge is 2.34. The number of H-pyrrole nitrogens is 1. The molecule has 1 aliphatic carbocycles. The van der Waals surface area contributed by atoms with E-state index in [1.54, 1.807) is 6.20 Å². The van der Waals surface area contributed by atoms with Gasteiger partial charge in [-0.3, -0.25) is 5.10 Å². The summed E-state index contributed by atoms with van der Waals surface area (Å²) in [5, 5.41) is 10.4. The average Bonchev–Trinajstić information content (AvgIpc) is 3.22. The minimum Gasteiger partial charge on any atom is -0.327 e. The van der Waals surface area contributed by atoms with Crippen LogP contribution in [0.3, 0.4) is 0 Å². The zero-order valence-electron chi connectivity index (χ0n) is 21.1. The molecule has 0 saturated heterocycles.